The standard InChI is InChI=1S/C9H10N4O3/c1-12-6(5-14)4-7(11-12)13-3-2-8(15)10-9(13)16/h4-5H,2-3H2,1H3,(H,10,15,16). The Hall–Kier alpha value is -2.18. The van der Waals surface area contributed by atoms with Crippen LogP contribution >= 0.6 is 0 Å². The highest BCUT2D eigenvalue weighted by Gasteiger charge is 2.26. The summed E-state index contributed by atoms with van der Waals surface area (Å²) in [5, 5.41) is 6.20. The van der Waals surface area contributed by atoms with Crippen molar-refractivity contribution in [2.24, 2.45) is 7.05 Å². The predicted molar refractivity (Wildman–Crippen MR) is 54.1 cm³/mol. The average molecular weight is 222 g/mol. The van der Waals surface area contributed by atoms with Crippen LogP contribution in [0.15, 0.2) is 6.07 Å². The van der Waals surface area contributed by atoms with Gasteiger partial charge in [0.2, 0.25) is 5.91 Å². The van der Waals surface area contributed by atoms with Gasteiger partial charge in [0.1, 0.15) is 5.69 Å². The average Bonchev–Trinajstić information content (AvgIpc) is 2.59. The summed E-state index contributed by atoms with van der Waals surface area (Å²) in [5.74, 6) is 0.0717. The molecule has 0 bridgehead atoms. The highest BCUT2D eigenvalue weighted by atomic mass is 16.2. The number of rotatable bonds is 2. The molecule has 16 heavy (non-hydrogen) atoms. The fraction of sp³-hybridized carbons (Fsp3) is 0.333. The molecule has 1 aliphatic rings. The van der Waals surface area contributed by atoms with Crippen molar-refractivity contribution in [1.82, 2.24) is 15.1 Å². The number of aromatic nitrogens is 2. The molecule has 1 saturated heterocycles. The number of anilines is 1. The number of aldehydes is 1. The van der Waals surface area contributed by atoms with Crippen LogP contribution in [0.5, 0.6) is 0 Å². The fourth-order valence-electron chi connectivity index (χ4n) is 1.49. The molecule has 1 N–H and O–H groups in total. The first-order chi connectivity index (χ1) is 7.61. The van der Waals surface area contributed by atoms with Crippen LogP contribution in [0.3, 0.4) is 0 Å². The van der Waals surface area contributed by atoms with Gasteiger partial charge in [-0.05, 0) is 0 Å². The SMILES string of the molecule is Cn1nc(N2CCC(=O)NC2=O)cc1C=O. The molecule has 1 aliphatic heterocycles. The van der Waals surface area contributed by atoms with Crippen molar-refractivity contribution in [2.45, 2.75) is 6.42 Å². The number of nitrogens with zero attached hydrogens (tertiary/aromatic N) is 3. The van der Waals surface area contributed by atoms with Gasteiger partial charge in [-0.3, -0.25) is 24.5 Å². The number of urea groups is 1. The number of aryl methyl sites for hydroxylation is 1. The Morgan fingerprint density at radius 3 is 2.81 bits per heavy atom. The zero-order chi connectivity index (χ0) is 11.7. The lowest BCUT2D eigenvalue weighted by molar-refractivity contribution is -0.120. The molecule has 7 nitrogen and oxygen atoms in total. The molecular weight excluding hydrogens is 212 g/mol. The largest absolute Gasteiger partial charge is 0.329 e. The topological polar surface area (TPSA) is 84.3 Å². The molecule has 0 unspecified atom stereocenters. The molecule has 0 aliphatic carbocycles. The maximum atomic E-state index is 11.5. The van der Waals surface area contributed by atoms with Crippen molar-refractivity contribution in [3.05, 3.63) is 11.8 Å². The smallest absolute Gasteiger partial charge is 0.296 e. The molecule has 3 amide bonds. The fourth-order valence-corrected chi connectivity index (χ4v) is 1.49. The summed E-state index contributed by atoms with van der Waals surface area (Å²) in [6.45, 7) is 0.278. The normalized spacial score (nSPS) is 16.2. The third-order valence-corrected chi connectivity index (χ3v) is 2.35. The van der Waals surface area contributed by atoms with Gasteiger partial charge in [0, 0.05) is 26.1 Å². The quantitative estimate of drug-likeness (QED) is 0.695. The van der Waals surface area contributed by atoms with Gasteiger partial charge in [-0.2, -0.15) is 5.10 Å². The van der Waals surface area contributed by atoms with E-state index in [-0.39, 0.29) is 18.9 Å². The van der Waals surface area contributed by atoms with Crippen LogP contribution in [0.25, 0.3) is 0 Å². The lowest BCUT2D eigenvalue weighted by atomic mass is 10.3. The number of amides is 3. The summed E-state index contributed by atoms with van der Waals surface area (Å²) in [6, 6.07) is 0.995. The molecule has 0 radical (unpaired) electrons. The highest BCUT2D eigenvalue weighted by molar-refractivity contribution is 6.05. The second-order valence-corrected chi connectivity index (χ2v) is 3.42. The monoisotopic (exact) mass is 222 g/mol. The molecule has 1 aromatic heterocycles. The van der Waals surface area contributed by atoms with Crippen LogP contribution in [0, 0.1) is 0 Å². The van der Waals surface area contributed by atoms with E-state index in [0.29, 0.717) is 17.8 Å². The van der Waals surface area contributed by atoms with Crippen LogP contribution in [-0.4, -0.2) is 34.5 Å². The third-order valence-electron chi connectivity index (χ3n) is 2.35. The molecule has 7 heteroatoms. The van der Waals surface area contributed by atoms with Crippen molar-refractivity contribution < 1.29 is 14.4 Å². The third kappa shape index (κ3) is 1.67. The maximum Gasteiger partial charge on any atom is 0.329 e. The zero-order valence-electron chi connectivity index (χ0n) is 8.64. The number of imide groups is 1. The summed E-state index contributed by atoms with van der Waals surface area (Å²) in [4.78, 5) is 34.4. The molecule has 2 heterocycles. The Morgan fingerprint density at radius 2 is 2.25 bits per heavy atom. The number of hydrogen-bond acceptors (Lipinski definition) is 4. The second-order valence-electron chi connectivity index (χ2n) is 3.42. The van der Waals surface area contributed by atoms with Crippen LogP contribution in [0.1, 0.15) is 16.9 Å². The molecule has 0 atom stereocenters. The second kappa shape index (κ2) is 3.76. The van der Waals surface area contributed by atoms with E-state index in [9.17, 15) is 14.4 Å². The Kier molecular flexibility index (Phi) is 2.43. The van der Waals surface area contributed by atoms with E-state index in [0.717, 1.165) is 0 Å². The van der Waals surface area contributed by atoms with Crippen LogP contribution < -0.4 is 10.2 Å². The summed E-state index contributed by atoms with van der Waals surface area (Å²) in [6.07, 6.45) is 0.891. The molecule has 1 fully saturated rings. The minimum Gasteiger partial charge on any atom is -0.296 e. The first-order valence-corrected chi connectivity index (χ1v) is 4.72. The molecule has 2 rings (SSSR count). The van der Waals surface area contributed by atoms with Crippen LogP contribution in [0.2, 0.25) is 0 Å². The van der Waals surface area contributed by atoms with Gasteiger partial charge < -0.3 is 0 Å². The van der Waals surface area contributed by atoms with Crippen molar-refractivity contribution >= 4 is 24.0 Å². The minimum absolute atomic E-state index is 0.235. The lowest BCUT2D eigenvalue weighted by Crippen LogP contribution is -2.49. The van der Waals surface area contributed by atoms with Gasteiger partial charge >= 0.3 is 6.03 Å². The molecule has 0 aromatic carbocycles. The Balaban J connectivity index is 2.26. The number of carbonyl (C=O) groups is 3. The van der Waals surface area contributed by atoms with E-state index >= 15 is 0 Å². The van der Waals surface area contributed by atoms with Crippen molar-refractivity contribution in [3.8, 4) is 0 Å². The van der Waals surface area contributed by atoms with Gasteiger partial charge in [0.05, 0.1) is 0 Å². The number of carbonyl (C=O) groups excluding carboxylic acids is 3. The molecule has 0 spiro atoms. The summed E-state index contributed by atoms with van der Waals surface area (Å²) >= 11 is 0. The maximum absolute atomic E-state index is 11.5. The highest BCUT2D eigenvalue weighted by Crippen LogP contribution is 2.15. The van der Waals surface area contributed by atoms with Gasteiger partial charge in [0.25, 0.3) is 0 Å². The molecular formula is C9H10N4O3. The van der Waals surface area contributed by atoms with Crippen LogP contribution in [0.4, 0.5) is 10.6 Å². The van der Waals surface area contributed by atoms with Gasteiger partial charge in [0.15, 0.2) is 12.1 Å². The Labute approximate surface area is 91.0 Å². The van der Waals surface area contributed by atoms with Crippen molar-refractivity contribution in [1.29, 1.82) is 0 Å². The molecule has 84 valence electrons. The van der Waals surface area contributed by atoms with E-state index in [1.54, 1.807) is 7.05 Å². The first kappa shape index (κ1) is 10.3. The first-order valence-electron chi connectivity index (χ1n) is 4.72. The Bertz CT molecular complexity index is 465. The van der Waals surface area contributed by atoms with E-state index in [1.807, 2.05) is 0 Å². The van der Waals surface area contributed by atoms with Gasteiger partial charge in [-0.1, -0.05) is 0 Å². The van der Waals surface area contributed by atoms with E-state index < -0.39 is 6.03 Å². The minimum atomic E-state index is -0.508. The zero-order valence-corrected chi connectivity index (χ0v) is 8.64. The summed E-state index contributed by atoms with van der Waals surface area (Å²) in [7, 11) is 1.61. The number of hydrogen-bond donors (Lipinski definition) is 1. The lowest BCUT2D eigenvalue weighted by Gasteiger charge is -2.24. The van der Waals surface area contributed by atoms with E-state index in [4.69, 9.17) is 0 Å². The van der Waals surface area contributed by atoms with E-state index in [2.05, 4.69) is 10.4 Å². The summed E-state index contributed by atoms with van der Waals surface area (Å²) < 4.78 is 1.38. The number of nitrogens with one attached hydrogen (secondary N) is 1. The molecule has 0 saturated carbocycles. The van der Waals surface area contributed by atoms with Crippen LogP contribution in [-0.2, 0) is 11.8 Å². The predicted octanol–water partition coefficient (Wildman–Crippen LogP) is -0.321. The Morgan fingerprint density at radius 1 is 1.50 bits per heavy atom. The van der Waals surface area contributed by atoms with Gasteiger partial charge in [-0.15, -0.1) is 0 Å². The van der Waals surface area contributed by atoms with Crippen molar-refractivity contribution in [3.63, 3.8) is 0 Å². The molecule has 1 aromatic rings. The van der Waals surface area contributed by atoms with Crippen molar-refractivity contribution in [2.75, 3.05) is 11.4 Å². The van der Waals surface area contributed by atoms with E-state index in [1.165, 1.54) is 15.6 Å². The summed E-state index contributed by atoms with van der Waals surface area (Å²) in [5.41, 5.74) is 0.375. The van der Waals surface area contributed by atoms with Gasteiger partial charge in [-0.25, -0.2) is 4.79 Å².